The summed E-state index contributed by atoms with van der Waals surface area (Å²) in [6, 6.07) is 1.04. The molecule has 1 unspecified atom stereocenters. The van der Waals surface area contributed by atoms with Crippen LogP contribution < -0.4 is 5.32 Å². The molecule has 0 amide bonds. The second-order valence-electron chi connectivity index (χ2n) is 13.8. The quantitative estimate of drug-likeness (QED) is 0.477. The summed E-state index contributed by atoms with van der Waals surface area (Å²) in [4.78, 5) is 25.3. The molecule has 0 aromatic heterocycles. The first-order valence-electron chi connectivity index (χ1n) is 13.8. The van der Waals surface area contributed by atoms with Crippen molar-refractivity contribution in [1.82, 2.24) is 5.32 Å². The number of aliphatic carboxylic acids is 1. The van der Waals surface area contributed by atoms with Gasteiger partial charge in [0.15, 0.2) is 0 Å². The third-order valence-electron chi connectivity index (χ3n) is 12.2. The average Bonchev–Trinajstić information content (AvgIpc) is 2.98. The summed E-state index contributed by atoms with van der Waals surface area (Å²) in [7, 11) is 0. The van der Waals surface area contributed by atoms with Crippen molar-refractivity contribution >= 4 is 11.8 Å². The molecule has 2 N–H and O–H groups in total. The predicted molar refractivity (Wildman–Crippen MR) is 133 cm³/mol. The molecule has 4 nitrogen and oxygen atoms in total. The standard InChI is InChI=1S/C29H49NO3/c1-18(2)30-21-10-12-26(4)20(16-21)17-23(31)25-28(6)13-11-22(19(3)8-9-24(32)33)27(28,5)14-15-29(25,26)7/h18-22,25,30H,8-17H2,1-7H3,(H,32,33)/t19-,20+,21?,22-,25+,26+,27-,28+,29+/m1/s1. The lowest BCUT2D eigenvalue weighted by atomic mass is 9.34. The van der Waals surface area contributed by atoms with E-state index in [-0.39, 0.29) is 34.0 Å². The predicted octanol–water partition coefficient (Wildman–Crippen LogP) is 6.47. The van der Waals surface area contributed by atoms with Gasteiger partial charge in [0.1, 0.15) is 5.78 Å². The Bertz CT molecular complexity index is 794. The number of carbonyl (C=O) groups excluding carboxylic acids is 1. The Hall–Kier alpha value is -0.900. The Labute approximate surface area is 202 Å². The minimum absolute atomic E-state index is 0.0280. The fourth-order valence-electron chi connectivity index (χ4n) is 10.0. The van der Waals surface area contributed by atoms with E-state index in [0.29, 0.717) is 35.6 Å². The smallest absolute Gasteiger partial charge is 0.303 e. The molecule has 9 atom stereocenters. The third-order valence-corrected chi connectivity index (χ3v) is 12.2. The zero-order chi connectivity index (χ0) is 24.4. The van der Waals surface area contributed by atoms with E-state index in [4.69, 9.17) is 0 Å². The van der Waals surface area contributed by atoms with Gasteiger partial charge >= 0.3 is 5.97 Å². The van der Waals surface area contributed by atoms with Crippen LogP contribution in [0.25, 0.3) is 0 Å². The zero-order valence-electron chi connectivity index (χ0n) is 22.3. The molecule has 188 valence electrons. The molecule has 4 saturated carbocycles. The van der Waals surface area contributed by atoms with Gasteiger partial charge < -0.3 is 10.4 Å². The highest BCUT2D eigenvalue weighted by atomic mass is 16.4. The Morgan fingerprint density at radius 3 is 2.21 bits per heavy atom. The van der Waals surface area contributed by atoms with E-state index in [9.17, 15) is 14.7 Å². The summed E-state index contributed by atoms with van der Waals surface area (Å²) in [6.45, 7) is 16.7. The molecule has 0 radical (unpaired) electrons. The third kappa shape index (κ3) is 3.64. The molecule has 0 heterocycles. The van der Waals surface area contributed by atoms with E-state index in [0.717, 1.165) is 38.5 Å². The Morgan fingerprint density at radius 1 is 0.970 bits per heavy atom. The fourth-order valence-corrected chi connectivity index (χ4v) is 10.0. The van der Waals surface area contributed by atoms with Gasteiger partial charge in [-0.1, -0.05) is 48.5 Å². The lowest BCUT2D eigenvalue weighted by Gasteiger charge is -2.69. The van der Waals surface area contributed by atoms with Gasteiger partial charge in [-0.2, -0.15) is 0 Å². The van der Waals surface area contributed by atoms with Gasteiger partial charge in [0.2, 0.25) is 0 Å². The summed E-state index contributed by atoms with van der Waals surface area (Å²) in [5.74, 6) is 1.42. The van der Waals surface area contributed by atoms with Crippen molar-refractivity contribution in [3.8, 4) is 0 Å². The van der Waals surface area contributed by atoms with Crippen molar-refractivity contribution in [3.05, 3.63) is 0 Å². The van der Waals surface area contributed by atoms with Crippen LogP contribution >= 0.6 is 0 Å². The number of ketones is 1. The number of rotatable bonds is 6. The van der Waals surface area contributed by atoms with Gasteiger partial charge in [-0.3, -0.25) is 9.59 Å². The molecule has 4 aliphatic carbocycles. The average molecular weight is 460 g/mol. The second kappa shape index (κ2) is 8.35. The first kappa shape index (κ1) is 25.2. The van der Waals surface area contributed by atoms with E-state index in [1.54, 1.807) is 0 Å². The molecule has 0 spiro atoms. The summed E-state index contributed by atoms with van der Waals surface area (Å²) >= 11 is 0. The summed E-state index contributed by atoms with van der Waals surface area (Å²) in [5, 5.41) is 13.0. The van der Waals surface area contributed by atoms with Crippen molar-refractivity contribution < 1.29 is 14.7 Å². The maximum atomic E-state index is 14.0. The van der Waals surface area contributed by atoms with E-state index in [2.05, 4.69) is 53.8 Å². The number of nitrogens with one attached hydrogen (secondary N) is 1. The number of Topliss-reactive ketones (excluding diaryl/α,β-unsaturated/α-hetero) is 1. The van der Waals surface area contributed by atoms with E-state index < -0.39 is 5.97 Å². The highest BCUT2D eigenvalue weighted by Gasteiger charge is 2.72. The topological polar surface area (TPSA) is 66.4 Å². The van der Waals surface area contributed by atoms with Crippen molar-refractivity contribution in [1.29, 1.82) is 0 Å². The van der Waals surface area contributed by atoms with E-state index >= 15 is 0 Å². The van der Waals surface area contributed by atoms with Crippen LogP contribution in [0, 0.1) is 45.3 Å². The van der Waals surface area contributed by atoms with Crippen LogP contribution in [0.1, 0.15) is 113 Å². The molecule has 4 rings (SSSR count). The van der Waals surface area contributed by atoms with Gasteiger partial charge in [0.05, 0.1) is 0 Å². The van der Waals surface area contributed by atoms with Gasteiger partial charge in [-0.15, -0.1) is 0 Å². The lowest BCUT2D eigenvalue weighted by molar-refractivity contribution is -0.208. The second-order valence-corrected chi connectivity index (χ2v) is 13.8. The molecule has 4 aliphatic rings. The Kier molecular flexibility index (Phi) is 6.37. The molecule has 0 aromatic rings. The number of carboxylic acids is 1. The molecule has 4 fully saturated rings. The van der Waals surface area contributed by atoms with E-state index in [1.165, 1.54) is 19.3 Å². The molecule has 4 heteroatoms. The monoisotopic (exact) mass is 459 g/mol. The molecular formula is C29H49NO3. The van der Waals surface area contributed by atoms with Crippen LogP contribution in [-0.2, 0) is 9.59 Å². The molecule has 33 heavy (non-hydrogen) atoms. The molecule has 0 bridgehead atoms. The van der Waals surface area contributed by atoms with Crippen LogP contribution in [0.15, 0.2) is 0 Å². The first-order valence-corrected chi connectivity index (χ1v) is 13.8. The van der Waals surface area contributed by atoms with Crippen LogP contribution in [0.2, 0.25) is 0 Å². The number of hydrogen-bond donors (Lipinski definition) is 2. The molecule has 0 aliphatic heterocycles. The highest BCUT2D eigenvalue weighted by Crippen LogP contribution is 2.76. The number of fused-ring (bicyclic) bond motifs is 5. The SMILES string of the molecule is CC(C)NC1CC[C@@]2(C)[C@H](CC(=O)[C@@H]3[C@]2(C)CC[C@]2(C)[C@@H]([C@H](C)CCC(=O)O)CC[C@@]32C)C1. The van der Waals surface area contributed by atoms with Crippen molar-refractivity contribution in [2.45, 2.75) is 125 Å². The van der Waals surface area contributed by atoms with E-state index in [1.807, 2.05) is 0 Å². The molecule has 0 aromatic carbocycles. The van der Waals surface area contributed by atoms with Crippen LogP contribution in [0.3, 0.4) is 0 Å². The van der Waals surface area contributed by atoms with Crippen LogP contribution in [-0.4, -0.2) is 28.9 Å². The van der Waals surface area contributed by atoms with Crippen molar-refractivity contribution in [2.75, 3.05) is 0 Å². The molecular weight excluding hydrogens is 410 g/mol. The van der Waals surface area contributed by atoms with Crippen LogP contribution in [0.4, 0.5) is 0 Å². The number of carboxylic acid groups (broad SMARTS) is 1. The van der Waals surface area contributed by atoms with Gasteiger partial charge in [-0.05, 0) is 90.8 Å². The maximum absolute atomic E-state index is 14.0. The minimum atomic E-state index is -0.687. The Balaban J connectivity index is 1.63. The summed E-state index contributed by atoms with van der Waals surface area (Å²) in [6.07, 6.45) is 9.97. The molecule has 0 saturated heterocycles. The first-order chi connectivity index (χ1) is 15.3. The fraction of sp³-hybridized carbons (Fsp3) is 0.931. The van der Waals surface area contributed by atoms with Gasteiger partial charge in [0.25, 0.3) is 0 Å². The maximum Gasteiger partial charge on any atom is 0.303 e. The normalized spacial score (nSPS) is 48.2. The number of hydrogen-bond acceptors (Lipinski definition) is 3. The largest absolute Gasteiger partial charge is 0.481 e. The Morgan fingerprint density at radius 2 is 1.58 bits per heavy atom. The van der Waals surface area contributed by atoms with Gasteiger partial charge in [-0.25, -0.2) is 0 Å². The van der Waals surface area contributed by atoms with Crippen LogP contribution in [0.5, 0.6) is 0 Å². The number of carbonyl (C=O) groups is 2. The van der Waals surface area contributed by atoms with Crippen molar-refractivity contribution in [3.63, 3.8) is 0 Å². The minimum Gasteiger partial charge on any atom is -0.481 e. The summed E-state index contributed by atoms with van der Waals surface area (Å²) < 4.78 is 0. The lowest BCUT2D eigenvalue weighted by Crippen LogP contribution is -2.66. The zero-order valence-corrected chi connectivity index (χ0v) is 22.3. The highest BCUT2D eigenvalue weighted by molar-refractivity contribution is 5.85. The summed E-state index contributed by atoms with van der Waals surface area (Å²) in [5.41, 5.74) is 0.464. The van der Waals surface area contributed by atoms with Crippen molar-refractivity contribution in [2.24, 2.45) is 45.3 Å². The van der Waals surface area contributed by atoms with Gasteiger partial charge in [0, 0.05) is 30.8 Å².